The van der Waals surface area contributed by atoms with Gasteiger partial charge in [0.2, 0.25) is 0 Å². The van der Waals surface area contributed by atoms with Crippen LogP contribution in [-0.4, -0.2) is 49.5 Å². The summed E-state index contributed by atoms with van der Waals surface area (Å²) in [6, 6.07) is 6.38. The number of ether oxygens (including phenoxy) is 2. The van der Waals surface area contributed by atoms with Crippen LogP contribution in [0.1, 0.15) is 0 Å². The third kappa shape index (κ3) is 9.77. The molecule has 21 heavy (non-hydrogen) atoms. The lowest BCUT2D eigenvalue weighted by Gasteiger charge is -2.06. The van der Waals surface area contributed by atoms with Gasteiger partial charge < -0.3 is 9.47 Å². The fraction of sp³-hybridized carbons (Fsp3) is 0.455. The van der Waals surface area contributed by atoms with Crippen molar-refractivity contribution in [1.82, 2.24) is 0 Å². The van der Waals surface area contributed by atoms with Crippen LogP contribution in [0.4, 0.5) is 0 Å². The second-order valence-electron chi connectivity index (χ2n) is 3.64. The Labute approximate surface area is 131 Å². The summed E-state index contributed by atoms with van der Waals surface area (Å²) in [5.41, 5.74) is 0. The van der Waals surface area contributed by atoms with E-state index in [2.05, 4.69) is 5.14 Å². The Bertz CT molecular complexity index is 580. The Morgan fingerprint density at radius 1 is 1.19 bits per heavy atom. The molecule has 1 aromatic carbocycles. The minimum absolute atomic E-state index is 0.0829. The Balaban J connectivity index is 0.000000885. The minimum Gasteiger partial charge on any atom is -0.382 e. The molecule has 122 valence electrons. The van der Waals surface area contributed by atoms with E-state index in [0.717, 1.165) is 0 Å². The number of benzene rings is 1. The average molecular weight is 360 g/mol. The molecule has 0 radical (unpaired) electrons. The number of hydrogen-bond donors (Lipinski definition) is 2. The van der Waals surface area contributed by atoms with Crippen molar-refractivity contribution in [2.24, 2.45) is 5.14 Å². The quantitative estimate of drug-likeness (QED) is 0.533. The molecule has 0 unspecified atom stereocenters. The second-order valence-corrected chi connectivity index (χ2v) is 6.70. The molecular weight excluding hydrogens is 342 g/mol. The van der Waals surface area contributed by atoms with Gasteiger partial charge in [0.25, 0.3) is 0 Å². The molecule has 0 heterocycles. The molecule has 1 aromatic rings. The first kappa shape index (κ1) is 20.3. The van der Waals surface area contributed by atoms with E-state index < -0.39 is 20.7 Å². The zero-order valence-electron chi connectivity index (χ0n) is 11.4. The van der Waals surface area contributed by atoms with E-state index in [1.807, 2.05) is 0 Å². The molecule has 2 N–H and O–H groups in total. The van der Waals surface area contributed by atoms with E-state index in [0.29, 0.717) is 13.2 Å². The highest BCUT2D eigenvalue weighted by Gasteiger charge is 2.17. The predicted molar refractivity (Wildman–Crippen MR) is 80.7 cm³/mol. The van der Waals surface area contributed by atoms with E-state index in [-0.39, 0.29) is 22.3 Å². The van der Waals surface area contributed by atoms with E-state index in [1.165, 1.54) is 6.07 Å². The van der Waals surface area contributed by atoms with Crippen LogP contribution in [0.15, 0.2) is 29.2 Å². The number of halogens is 1. The Hall–Kier alpha value is -0.710. The molecule has 0 aliphatic carbocycles. The van der Waals surface area contributed by atoms with Crippen LogP contribution < -0.4 is 5.14 Å². The summed E-state index contributed by atoms with van der Waals surface area (Å²) in [6.45, 7) is 0.970. The Kier molecular flexibility index (Phi) is 10.6. The standard InChI is InChI=1S/C11H15ClO4S.H3NO2S/c1-15-6-7-16-8-9-17(13,14)11-5-3-2-4-10(11)12;1-4(2)3/h2-5H,6-9H2,1H3;4H,(H2,1,2,3). The third-order valence-corrected chi connectivity index (χ3v) is 4.27. The molecule has 0 aliphatic heterocycles. The zero-order valence-corrected chi connectivity index (χ0v) is 13.9. The van der Waals surface area contributed by atoms with Crippen LogP contribution in [0.2, 0.25) is 5.02 Å². The highest BCUT2D eigenvalue weighted by Crippen LogP contribution is 2.21. The van der Waals surface area contributed by atoms with Gasteiger partial charge >= 0.3 is 0 Å². The van der Waals surface area contributed by atoms with Crippen molar-refractivity contribution in [3.63, 3.8) is 0 Å². The molecule has 0 fully saturated rings. The van der Waals surface area contributed by atoms with Crippen molar-refractivity contribution < 1.29 is 26.3 Å². The van der Waals surface area contributed by atoms with Crippen LogP contribution >= 0.6 is 11.6 Å². The molecule has 0 atom stereocenters. The maximum atomic E-state index is 11.9. The molecule has 0 bridgehead atoms. The summed E-state index contributed by atoms with van der Waals surface area (Å²) in [6.07, 6.45) is 0. The van der Waals surface area contributed by atoms with Crippen molar-refractivity contribution in [2.45, 2.75) is 4.90 Å². The summed E-state index contributed by atoms with van der Waals surface area (Å²) >= 11 is 5.83. The SMILES string of the molecule is COCCOCCS(=O)(=O)c1ccccc1Cl.N[SH](=O)=O. The number of methoxy groups -OCH3 is 1. The van der Waals surface area contributed by atoms with E-state index in [4.69, 9.17) is 29.5 Å². The number of thiol groups is 1. The van der Waals surface area contributed by atoms with Gasteiger partial charge in [-0.25, -0.2) is 22.0 Å². The molecule has 0 saturated carbocycles. The van der Waals surface area contributed by atoms with Gasteiger partial charge in [0.05, 0.1) is 35.5 Å². The summed E-state index contributed by atoms with van der Waals surface area (Å²) in [5, 5.41) is 4.30. The lowest BCUT2D eigenvalue weighted by atomic mass is 10.4. The predicted octanol–water partition coefficient (Wildman–Crippen LogP) is 0.248. The smallest absolute Gasteiger partial charge is 0.198 e. The summed E-state index contributed by atoms with van der Waals surface area (Å²) in [7, 11) is -4.44. The maximum absolute atomic E-state index is 11.9. The first-order chi connectivity index (χ1) is 9.81. The summed E-state index contributed by atoms with van der Waals surface area (Å²) in [4.78, 5) is 0.150. The second kappa shape index (κ2) is 10.9. The number of sulfone groups is 1. The zero-order chi connectivity index (χ0) is 16.3. The van der Waals surface area contributed by atoms with Crippen LogP contribution in [0.25, 0.3) is 0 Å². The third-order valence-electron chi connectivity index (χ3n) is 2.10. The largest absolute Gasteiger partial charge is 0.382 e. The van der Waals surface area contributed by atoms with Gasteiger partial charge in [-0.1, -0.05) is 23.7 Å². The fourth-order valence-corrected chi connectivity index (χ4v) is 2.92. The van der Waals surface area contributed by atoms with Crippen molar-refractivity contribution in [1.29, 1.82) is 0 Å². The molecule has 0 aliphatic rings. The monoisotopic (exact) mass is 359 g/mol. The van der Waals surface area contributed by atoms with Gasteiger partial charge in [-0.05, 0) is 12.1 Å². The van der Waals surface area contributed by atoms with Gasteiger partial charge in [0.1, 0.15) is 0 Å². The van der Waals surface area contributed by atoms with Gasteiger partial charge in [-0.3, -0.25) is 0 Å². The molecule has 10 heteroatoms. The number of nitrogens with two attached hydrogens (primary N) is 1. The van der Waals surface area contributed by atoms with Gasteiger partial charge in [-0.2, -0.15) is 0 Å². The lowest BCUT2D eigenvalue weighted by molar-refractivity contribution is 0.0785. The van der Waals surface area contributed by atoms with Crippen LogP contribution in [0.3, 0.4) is 0 Å². The minimum atomic E-state index is -3.38. The van der Waals surface area contributed by atoms with Gasteiger partial charge in [0.15, 0.2) is 20.7 Å². The highest BCUT2D eigenvalue weighted by atomic mass is 35.5. The number of hydrogen-bond acceptors (Lipinski definition) is 6. The lowest BCUT2D eigenvalue weighted by Crippen LogP contribution is -2.14. The van der Waals surface area contributed by atoms with Crippen LogP contribution in [0, 0.1) is 0 Å². The topological polar surface area (TPSA) is 113 Å². The van der Waals surface area contributed by atoms with E-state index >= 15 is 0 Å². The molecule has 0 amide bonds. The molecule has 0 spiro atoms. The summed E-state index contributed by atoms with van der Waals surface area (Å²) < 4.78 is 51.3. The fourth-order valence-electron chi connectivity index (χ4n) is 1.22. The van der Waals surface area contributed by atoms with Crippen LogP contribution in [-0.2, 0) is 30.2 Å². The normalized spacial score (nSPS) is 11.0. The maximum Gasteiger partial charge on any atom is 0.198 e. The van der Waals surface area contributed by atoms with E-state index in [1.54, 1.807) is 25.3 Å². The van der Waals surface area contributed by atoms with Crippen LogP contribution in [0.5, 0.6) is 0 Å². The van der Waals surface area contributed by atoms with Crippen molar-refractivity contribution in [2.75, 3.05) is 32.7 Å². The Morgan fingerprint density at radius 3 is 2.29 bits per heavy atom. The van der Waals surface area contributed by atoms with E-state index in [9.17, 15) is 8.42 Å². The van der Waals surface area contributed by atoms with Gasteiger partial charge in [-0.15, -0.1) is 0 Å². The molecule has 7 nitrogen and oxygen atoms in total. The number of rotatable bonds is 7. The molecular formula is C11H18ClNO6S2. The molecule has 0 saturated heterocycles. The summed E-state index contributed by atoms with van der Waals surface area (Å²) in [5.74, 6) is -0.0829. The first-order valence-electron chi connectivity index (χ1n) is 5.74. The van der Waals surface area contributed by atoms with Crippen molar-refractivity contribution >= 4 is 32.3 Å². The van der Waals surface area contributed by atoms with Crippen molar-refractivity contribution in [3.8, 4) is 0 Å². The molecule has 0 aromatic heterocycles. The Morgan fingerprint density at radius 2 is 1.76 bits per heavy atom. The molecule has 1 rings (SSSR count). The first-order valence-corrected chi connectivity index (χ1v) is 9.02. The highest BCUT2D eigenvalue weighted by molar-refractivity contribution is 7.91. The van der Waals surface area contributed by atoms with Gasteiger partial charge in [0, 0.05) is 7.11 Å². The van der Waals surface area contributed by atoms with Crippen molar-refractivity contribution in [3.05, 3.63) is 29.3 Å². The average Bonchev–Trinajstić information content (AvgIpc) is 2.38.